The van der Waals surface area contributed by atoms with Crippen LogP contribution in [0.2, 0.25) is 0 Å². The van der Waals surface area contributed by atoms with Crippen molar-refractivity contribution in [3.8, 4) is 11.8 Å². The molecular formula is C17H10F4N2O2. The highest BCUT2D eigenvalue weighted by Gasteiger charge is 2.32. The fourth-order valence-corrected chi connectivity index (χ4v) is 2.69. The number of hydrogen-bond acceptors (Lipinski definition) is 3. The third-order valence-electron chi connectivity index (χ3n) is 3.75. The average molecular weight is 350 g/mol. The normalized spacial score (nSPS) is 13.6. The molecule has 0 unspecified atom stereocenters. The number of benzene rings is 2. The Bertz CT molecular complexity index is 870. The molecule has 0 spiro atoms. The van der Waals surface area contributed by atoms with Crippen molar-refractivity contribution in [1.82, 2.24) is 4.90 Å². The van der Waals surface area contributed by atoms with E-state index in [1.165, 1.54) is 23.1 Å². The maximum absolute atomic E-state index is 13.7. The van der Waals surface area contributed by atoms with Crippen LogP contribution in [0.1, 0.15) is 27.0 Å². The third kappa shape index (κ3) is 3.40. The Labute approximate surface area is 139 Å². The molecule has 3 rings (SSSR count). The van der Waals surface area contributed by atoms with Crippen LogP contribution in [0.4, 0.5) is 17.6 Å². The largest absolute Gasteiger partial charge is 0.573 e. The van der Waals surface area contributed by atoms with E-state index in [0.717, 1.165) is 18.2 Å². The van der Waals surface area contributed by atoms with Gasteiger partial charge >= 0.3 is 6.36 Å². The number of carbonyl (C=O) groups is 1. The molecule has 1 heterocycles. The number of amides is 1. The predicted octanol–water partition coefficient (Wildman–Crippen LogP) is 3.75. The van der Waals surface area contributed by atoms with Gasteiger partial charge in [-0.15, -0.1) is 13.2 Å². The Morgan fingerprint density at radius 1 is 1.16 bits per heavy atom. The average Bonchev–Trinajstić information content (AvgIpc) is 2.85. The second-order valence-electron chi connectivity index (χ2n) is 5.42. The zero-order valence-electron chi connectivity index (χ0n) is 12.6. The van der Waals surface area contributed by atoms with E-state index in [-0.39, 0.29) is 30.0 Å². The molecule has 0 fully saturated rings. The summed E-state index contributed by atoms with van der Waals surface area (Å²) < 4.78 is 53.9. The molecule has 1 aliphatic rings. The van der Waals surface area contributed by atoms with Crippen LogP contribution in [0.5, 0.6) is 5.75 Å². The molecule has 128 valence electrons. The van der Waals surface area contributed by atoms with Gasteiger partial charge in [0.1, 0.15) is 23.2 Å². The lowest BCUT2D eigenvalue weighted by Crippen LogP contribution is -2.23. The number of nitrogens with zero attached hydrogens (tertiary/aromatic N) is 2. The van der Waals surface area contributed by atoms with E-state index in [2.05, 4.69) is 4.74 Å². The molecule has 0 aliphatic carbocycles. The molecule has 1 aliphatic heterocycles. The molecule has 25 heavy (non-hydrogen) atoms. The number of rotatable bonds is 3. The first-order chi connectivity index (χ1) is 11.8. The molecule has 2 aromatic rings. The molecule has 4 nitrogen and oxygen atoms in total. The Hall–Kier alpha value is -3.08. The van der Waals surface area contributed by atoms with Crippen molar-refractivity contribution in [2.24, 2.45) is 0 Å². The van der Waals surface area contributed by atoms with Gasteiger partial charge in [-0.1, -0.05) is 18.2 Å². The van der Waals surface area contributed by atoms with Gasteiger partial charge in [-0.25, -0.2) is 4.39 Å². The van der Waals surface area contributed by atoms with Gasteiger partial charge in [0, 0.05) is 13.1 Å². The molecule has 0 saturated carbocycles. The standard InChI is InChI=1S/C17H10F4N2O2/c18-14-6-3-11-9-23(16(24)15(11)13(14)7-22)8-10-1-4-12(5-2-10)25-17(19,20)21/h1-6H,8-9H2. The summed E-state index contributed by atoms with van der Waals surface area (Å²) in [5.41, 5.74) is 0.869. The number of halogens is 4. The zero-order valence-corrected chi connectivity index (χ0v) is 12.6. The van der Waals surface area contributed by atoms with Crippen molar-refractivity contribution in [2.45, 2.75) is 19.5 Å². The summed E-state index contributed by atoms with van der Waals surface area (Å²) in [6.07, 6.45) is -4.77. The SMILES string of the molecule is N#Cc1c(F)ccc2c1C(=O)N(Cc1ccc(OC(F)(F)F)cc1)C2. The van der Waals surface area contributed by atoms with E-state index in [0.29, 0.717) is 11.1 Å². The van der Waals surface area contributed by atoms with Gasteiger partial charge in [0.05, 0.1) is 5.56 Å². The van der Waals surface area contributed by atoms with Crippen LogP contribution in [-0.2, 0) is 13.1 Å². The molecule has 0 N–H and O–H groups in total. The Morgan fingerprint density at radius 2 is 1.84 bits per heavy atom. The lowest BCUT2D eigenvalue weighted by atomic mass is 10.0. The second kappa shape index (κ2) is 6.09. The molecule has 2 aromatic carbocycles. The highest BCUT2D eigenvalue weighted by atomic mass is 19.4. The van der Waals surface area contributed by atoms with Gasteiger partial charge in [-0.05, 0) is 29.3 Å². The van der Waals surface area contributed by atoms with Gasteiger partial charge in [-0.2, -0.15) is 5.26 Å². The maximum atomic E-state index is 13.7. The summed E-state index contributed by atoms with van der Waals surface area (Å²) in [5.74, 6) is -1.60. The van der Waals surface area contributed by atoms with Gasteiger partial charge < -0.3 is 9.64 Å². The molecule has 0 bridgehead atoms. The van der Waals surface area contributed by atoms with Crippen LogP contribution >= 0.6 is 0 Å². The molecule has 0 aromatic heterocycles. The maximum Gasteiger partial charge on any atom is 0.573 e. The molecule has 0 saturated heterocycles. The van der Waals surface area contributed by atoms with Crippen molar-refractivity contribution >= 4 is 5.91 Å². The highest BCUT2D eigenvalue weighted by Crippen LogP contribution is 2.29. The van der Waals surface area contributed by atoms with Gasteiger partial charge in [-0.3, -0.25) is 4.79 Å². The predicted molar refractivity (Wildman–Crippen MR) is 77.8 cm³/mol. The van der Waals surface area contributed by atoms with Crippen molar-refractivity contribution in [2.75, 3.05) is 0 Å². The Balaban J connectivity index is 1.77. The lowest BCUT2D eigenvalue weighted by molar-refractivity contribution is -0.274. The Morgan fingerprint density at radius 3 is 2.44 bits per heavy atom. The van der Waals surface area contributed by atoms with Crippen molar-refractivity contribution in [3.05, 3.63) is 64.5 Å². The van der Waals surface area contributed by atoms with Crippen LogP contribution in [0.15, 0.2) is 36.4 Å². The van der Waals surface area contributed by atoms with Crippen LogP contribution in [0.3, 0.4) is 0 Å². The minimum absolute atomic E-state index is 0.0412. The first kappa shape index (κ1) is 16.8. The third-order valence-corrected chi connectivity index (χ3v) is 3.75. The first-order valence-electron chi connectivity index (χ1n) is 7.14. The summed E-state index contributed by atoms with van der Waals surface area (Å²) in [6.45, 7) is 0.316. The monoisotopic (exact) mass is 350 g/mol. The van der Waals surface area contributed by atoms with E-state index in [1.54, 1.807) is 6.07 Å². The van der Waals surface area contributed by atoms with E-state index < -0.39 is 18.1 Å². The van der Waals surface area contributed by atoms with E-state index in [1.807, 2.05) is 0 Å². The van der Waals surface area contributed by atoms with Crippen LogP contribution in [0.25, 0.3) is 0 Å². The number of hydrogen-bond donors (Lipinski definition) is 0. The summed E-state index contributed by atoms with van der Waals surface area (Å²) in [4.78, 5) is 13.8. The molecule has 0 radical (unpaired) electrons. The van der Waals surface area contributed by atoms with E-state index in [9.17, 15) is 22.4 Å². The number of alkyl halides is 3. The summed E-state index contributed by atoms with van der Waals surface area (Å²) in [7, 11) is 0. The second-order valence-corrected chi connectivity index (χ2v) is 5.42. The number of fused-ring (bicyclic) bond motifs is 1. The van der Waals surface area contributed by atoms with Gasteiger partial charge in [0.15, 0.2) is 0 Å². The highest BCUT2D eigenvalue weighted by molar-refractivity contribution is 6.00. The summed E-state index contributed by atoms with van der Waals surface area (Å²) in [5, 5.41) is 9.03. The van der Waals surface area contributed by atoms with Crippen LogP contribution in [0, 0.1) is 17.1 Å². The fraction of sp³-hybridized carbons (Fsp3) is 0.176. The minimum Gasteiger partial charge on any atom is -0.406 e. The van der Waals surface area contributed by atoms with E-state index in [4.69, 9.17) is 5.26 Å². The van der Waals surface area contributed by atoms with Gasteiger partial charge in [0.2, 0.25) is 0 Å². The summed E-state index contributed by atoms with van der Waals surface area (Å²) >= 11 is 0. The quantitative estimate of drug-likeness (QED) is 0.792. The van der Waals surface area contributed by atoms with Gasteiger partial charge in [0.25, 0.3) is 5.91 Å². The topological polar surface area (TPSA) is 53.3 Å². The first-order valence-corrected chi connectivity index (χ1v) is 7.14. The van der Waals surface area contributed by atoms with Crippen molar-refractivity contribution in [3.63, 3.8) is 0 Å². The smallest absolute Gasteiger partial charge is 0.406 e. The molecule has 0 atom stereocenters. The van der Waals surface area contributed by atoms with Crippen LogP contribution in [-0.4, -0.2) is 17.2 Å². The lowest BCUT2D eigenvalue weighted by Gasteiger charge is -2.16. The zero-order chi connectivity index (χ0) is 18.2. The molecular weight excluding hydrogens is 340 g/mol. The number of nitriles is 1. The minimum atomic E-state index is -4.77. The van der Waals surface area contributed by atoms with E-state index >= 15 is 0 Å². The molecule has 8 heteroatoms. The van der Waals surface area contributed by atoms with Crippen LogP contribution < -0.4 is 4.74 Å². The summed E-state index contributed by atoms with van der Waals surface area (Å²) in [6, 6.07) is 9.39. The fourth-order valence-electron chi connectivity index (χ4n) is 2.69. The Kier molecular flexibility index (Phi) is 4.08. The number of carbonyl (C=O) groups excluding carboxylic acids is 1. The molecule has 1 amide bonds. The number of ether oxygens (including phenoxy) is 1. The van der Waals surface area contributed by atoms with Crippen molar-refractivity contribution < 1.29 is 27.1 Å². The van der Waals surface area contributed by atoms with Crippen molar-refractivity contribution in [1.29, 1.82) is 5.26 Å².